The molecule has 0 aliphatic heterocycles. The highest BCUT2D eigenvalue weighted by molar-refractivity contribution is 7.80. The Morgan fingerprint density at radius 2 is 2.38 bits per heavy atom. The number of hydrogen-bond donors (Lipinski definition) is 1. The number of nitrogens with zero attached hydrogens (tertiary/aromatic N) is 2. The Morgan fingerprint density at radius 3 is 2.94 bits per heavy atom. The summed E-state index contributed by atoms with van der Waals surface area (Å²) in [5.41, 5.74) is 5.99. The average molecular weight is 237 g/mol. The highest BCUT2D eigenvalue weighted by Crippen LogP contribution is 2.50. The van der Waals surface area contributed by atoms with Crippen molar-refractivity contribution in [2.24, 2.45) is 11.1 Å². The van der Waals surface area contributed by atoms with Crippen molar-refractivity contribution in [3.8, 4) is 0 Å². The third-order valence-electron chi connectivity index (χ3n) is 3.29. The molecule has 1 heterocycles. The minimum atomic E-state index is 0.342. The number of rotatable bonds is 6. The van der Waals surface area contributed by atoms with Crippen LogP contribution in [0.4, 0.5) is 0 Å². The summed E-state index contributed by atoms with van der Waals surface area (Å²) in [6.07, 6.45) is 9.52. The van der Waals surface area contributed by atoms with Crippen LogP contribution in [0.15, 0.2) is 12.4 Å². The zero-order valence-corrected chi connectivity index (χ0v) is 10.6. The lowest BCUT2D eigenvalue weighted by molar-refractivity contribution is 0.428. The second kappa shape index (κ2) is 4.53. The van der Waals surface area contributed by atoms with Gasteiger partial charge in [-0.15, -0.1) is 0 Å². The van der Waals surface area contributed by atoms with Crippen LogP contribution in [-0.2, 0) is 13.0 Å². The summed E-state index contributed by atoms with van der Waals surface area (Å²) >= 11 is 5.02. The van der Waals surface area contributed by atoms with Gasteiger partial charge in [0, 0.05) is 31.8 Å². The molecule has 0 saturated heterocycles. The molecule has 0 spiro atoms. The fourth-order valence-corrected chi connectivity index (χ4v) is 2.54. The Hall–Kier alpha value is -0.900. The molecule has 1 aliphatic rings. The van der Waals surface area contributed by atoms with Crippen LogP contribution in [0.1, 0.15) is 38.4 Å². The molecule has 2 rings (SSSR count). The smallest absolute Gasteiger partial charge is 0.108 e. The lowest BCUT2D eigenvalue weighted by Crippen LogP contribution is -2.20. The first kappa shape index (κ1) is 11.6. The first-order valence-electron chi connectivity index (χ1n) is 5.93. The van der Waals surface area contributed by atoms with Gasteiger partial charge < -0.3 is 10.3 Å². The van der Waals surface area contributed by atoms with E-state index in [0.717, 1.165) is 25.8 Å². The number of thiocarbonyl (C=S) groups is 1. The molecule has 0 aromatic carbocycles. The Bertz CT molecular complexity index is 379. The molecule has 16 heavy (non-hydrogen) atoms. The summed E-state index contributed by atoms with van der Waals surface area (Å²) in [5, 5.41) is 0. The topological polar surface area (TPSA) is 43.8 Å². The van der Waals surface area contributed by atoms with Gasteiger partial charge in [0.25, 0.3) is 0 Å². The molecule has 3 nitrogen and oxygen atoms in total. The average Bonchev–Trinajstić information content (AvgIpc) is 2.80. The van der Waals surface area contributed by atoms with Crippen LogP contribution in [-0.4, -0.2) is 14.5 Å². The van der Waals surface area contributed by atoms with Crippen molar-refractivity contribution >= 4 is 17.2 Å². The Kier molecular flexibility index (Phi) is 3.28. The summed E-state index contributed by atoms with van der Waals surface area (Å²) in [5.74, 6) is 1.19. The van der Waals surface area contributed by atoms with Crippen LogP contribution >= 0.6 is 12.2 Å². The van der Waals surface area contributed by atoms with Gasteiger partial charge in [0.05, 0.1) is 4.99 Å². The summed E-state index contributed by atoms with van der Waals surface area (Å²) in [6.45, 7) is 3.21. The van der Waals surface area contributed by atoms with E-state index >= 15 is 0 Å². The predicted octanol–water partition coefficient (Wildman–Crippen LogP) is 2.29. The van der Waals surface area contributed by atoms with Gasteiger partial charge in [0.1, 0.15) is 5.82 Å². The van der Waals surface area contributed by atoms with Crippen molar-refractivity contribution in [3.63, 3.8) is 0 Å². The maximum absolute atomic E-state index is 5.65. The molecule has 1 aromatic rings. The fraction of sp³-hybridized carbons (Fsp3) is 0.667. The Morgan fingerprint density at radius 1 is 1.62 bits per heavy atom. The third kappa shape index (κ3) is 2.61. The van der Waals surface area contributed by atoms with E-state index in [1.54, 1.807) is 0 Å². The van der Waals surface area contributed by atoms with Crippen LogP contribution in [0.3, 0.4) is 0 Å². The van der Waals surface area contributed by atoms with Gasteiger partial charge in [0.2, 0.25) is 0 Å². The van der Waals surface area contributed by atoms with Gasteiger partial charge in [0.15, 0.2) is 0 Å². The maximum atomic E-state index is 5.65. The Balaban J connectivity index is 2.03. The van der Waals surface area contributed by atoms with Crippen LogP contribution in [0.5, 0.6) is 0 Å². The zero-order valence-electron chi connectivity index (χ0n) is 9.78. The first-order chi connectivity index (χ1) is 7.65. The summed E-state index contributed by atoms with van der Waals surface area (Å²) in [6, 6.07) is 0. The minimum Gasteiger partial charge on any atom is -0.393 e. The summed E-state index contributed by atoms with van der Waals surface area (Å²) in [7, 11) is 0. The van der Waals surface area contributed by atoms with Crippen molar-refractivity contribution in [1.29, 1.82) is 0 Å². The molecule has 2 N–H and O–H groups in total. The molecule has 4 heteroatoms. The van der Waals surface area contributed by atoms with Crippen molar-refractivity contribution in [3.05, 3.63) is 18.2 Å². The van der Waals surface area contributed by atoms with Crippen molar-refractivity contribution in [2.75, 3.05) is 0 Å². The van der Waals surface area contributed by atoms with E-state index in [1.165, 1.54) is 18.7 Å². The summed E-state index contributed by atoms with van der Waals surface area (Å²) in [4.78, 5) is 5.04. The van der Waals surface area contributed by atoms with Gasteiger partial charge in [-0.2, -0.15) is 0 Å². The molecule has 0 amide bonds. The lowest BCUT2D eigenvalue weighted by atomic mass is 10.0. The Labute approximate surface area is 102 Å². The van der Waals surface area contributed by atoms with E-state index < -0.39 is 0 Å². The quantitative estimate of drug-likeness (QED) is 0.772. The van der Waals surface area contributed by atoms with Crippen molar-refractivity contribution in [1.82, 2.24) is 9.55 Å². The number of imidazole rings is 1. The van der Waals surface area contributed by atoms with E-state index in [-0.39, 0.29) is 0 Å². The zero-order chi connectivity index (χ0) is 11.6. The molecule has 1 aromatic heterocycles. The number of aromatic nitrogens is 2. The van der Waals surface area contributed by atoms with E-state index in [4.69, 9.17) is 18.0 Å². The van der Waals surface area contributed by atoms with Crippen LogP contribution in [0.25, 0.3) is 0 Å². The molecule has 0 bridgehead atoms. The van der Waals surface area contributed by atoms with Crippen LogP contribution < -0.4 is 5.73 Å². The highest BCUT2D eigenvalue weighted by Gasteiger charge is 2.43. The fourth-order valence-electron chi connectivity index (χ4n) is 2.23. The normalized spacial score (nSPS) is 17.3. The molecule has 0 unspecified atom stereocenters. The second-order valence-electron chi connectivity index (χ2n) is 4.86. The molecule has 0 atom stereocenters. The molecule has 0 radical (unpaired) electrons. The predicted molar refractivity (Wildman–Crippen MR) is 69.3 cm³/mol. The van der Waals surface area contributed by atoms with Gasteiger partial charge in [-0.05, 0) is 24.7 Å². The minimum absolute atomic E-state index is 0.342. The monoisotopic (exact) mass is 237 g/mol. The van der Waals surface area contributed by atoms with E-state index in [2.05, 4.69) is 22.7 Å². The highest BCUT2D eigenvalue weighted by atomic mass is 32.1. The van der Waals surface area contributed by atoms with E-state index in [9.17, 15) is 0 Å². The largest absolute Gasteiger partial charge is 0.393 e. The molecule has 1 fully saturated rings. The molecule has 1 aliphatic carbocycles. The van der Waals surface area contributed by atoms with Gasteiger partial charge in [-0.1, -0.05) is 19.1 Å². The van der Waals surface area contributed by atoms with Gasteiger partial charge in [-0.3, -0.25) is 0 Å². The molecule has 88 valence electrons. The van der Waals surface area contributed by atoms with Crippen molar-refractivity contribution in [2.45, 2.75) is 45.6 Å². The third-order valence-corrected chi connectivity index (χ3v) is 3.43. The van der Waals surface area contributed by atoms with E-state index in [0.29, 0.717) is 10.4 Å². The van der Waals surface area contributed by atoms with Crippen LogP contribution in [0.2, 0.25) is 0 Å². The van der Waals surface area contributed by atoms with Gasteiger partial charge >= 0.3 is 0 Å². The molecule has 1 saturated carbocycles. The second-order valence-corrected chi connectivity index (χ2v) is 5.39. The van der Waals surface area contributed by atoms with Crippen LogP contribution in [0, 0.1) is 5.41 Å². The van der Waals surface area contributed by atoms with Crippen molar-refractivity contribution < 1.29 is 0 Å². The first-order valence-corrected chi connectivity index (χ1v) is 6.34. The maximum Gasteiger partial charge on any atom is 0.108 e. The van der Waals surface area contributed by atoms with Gasteiger partial charge in [-0.25, -0.2) is 4.98 Å². The standard InChI is InChI=1S/C12H19N3S/c1-2-3-11-14-6-7-15(11)9-12(4-5-12)8-10(13)16/h6-7H,2-5,8-9H2,1H3,(H2,13,16). The molecular formula is C12H19N3S. The summed E-state index contributed by atoms with van der Waals surface area (Å²) < 4.78 is 2.27. The number of aryl methyl sites for hydroxylation is 1. The molecular weight excluding hydrogens is 218 g/mol. The SMILES string of the molecule is CCCc1nccn1CC1(CC(N)=S)CC1. The van der Waals surface area contributed by atoms with E-state index in [1.807, 2.05) is 6.20 Å². The lowest BCUT2D eigenvalue weighted by Gasteiger charge is -2.16. The number of nitrogens with two attached hydrogens (primary N) is 1. The number of hydrogen-bond acceptors (Lipinski definition) is 2.